The Bertz CT molecular complexity index is 542. The van der Waals surface area contributed by atoms with E-state index >= 15 is 0 Å². The van der Waals surface area contributed by atoms with Gasteiger partial charge in [-0.3, -0.25) is 0 Å². The van der Waals surface area contributed by atoms with Crippen molar-refractivity contribution in [1.29, 1.82) is 0 Å². The molecule has 0 radical (unpaired) electrons. The van der Waals surface area contributed by atoms with Gasteiger partial charge in [-0.25, -0.2) is 4.98 Å². The van der Waals surface area contributed by atoms with Gasteiger partial charge in [0.05, 0.1) is 5.69 Å². The van der Waals surface area contributed by atoms with E-state index in [1.54, 1.807) is 0 Å². The number of aromatic amines is 1. The molecule has 3 heteroatoms. The number of fused-ring (bicyclic) bond motifs is 1. The molecule has 1 aromatic heterocycles. The van der Waals surface area contributed by atoms with Crippen molar-refractivity contribution >= 4 is 0 Å². The highest BCUT2D eigenvalue weighted by molar-refractivity contribution is 5.57. The van der Waals surface area contributed by atoms with E-state index in [1.165, 1.54) is 17.8 Å². The van der Waals surface area contributed by atoms with Gasteiger partial charge in [0.1, 0.15) is 5.82 Å². The number of benzene rings is 1. The first-order chi connectivity index (χ1) is 8.28. The van der Waals surface area contributed by atoms with E-state index in [0.29, 0.717) is 12.5 Å². The molecular weight excluding hydrogens is 210 g/mol. The van der Waals surface area contributed by atoms with Gasteiger partial charge in [-0.1, -0.05) is 25.1 Å². The second kappa shape index (κ2) is 4.00. The third-order valence-electron chi connectivity index (χ3n) is 3.54. The highest BCUT2D eigenvalue weighted by Crippen LogP contribution is 2.32. The first-order valence-electron chi connectivity index (χ1n) is 6.16. The van der Waals surface area contributed by atoms with Crippen molar-refractivity contribution in [1.82, 2.24) is 9.97 Å². The number of hydrogen-bond acceptors (Lipinski definition) is 2. The standard InChI is InChI=1S/C14H17N3/c1-9-5-6-12-13(9)17-14(16-12)11-4-2-3-10(7-11)8-15/h2-4,7,9H,5-6,8,15H2,1H3,(H,16,17). The summed E-state index contributed by atoms with van der Waals surface area (Å²) in [6.07, 6.45) is 2.34. The second-order valence-corrected chi connectivity index (χ2v) is 4.79. The summed E-state index contributed by atoms with van der Waals surface area (Å²) in [5.41, 5.74) is 10.5. The molecule has 0 amide bonds. The van der Waals surface area contributed by atoms with E-state index in [4.69, 9.17) is 10.7 Å². The summed E-state index contributed by atoms with van der Waals surface area (Å²) in [5.74, 6) is 1.57. The van der Waals surface area contributed by atoms with Gasteiger partial charge in [-0.2, -0.15) is 0 Å². The predicted octanol–water partition coefficient (Wildman–Crippen LogP) is 2.59. The number of nitrogens with two attached hydrogens (primary N) is 1. The van der Waals surface area contributed by atoms with Crippen LogP contribution in [0.15, 0.2) is 24.3 Å². The molecule has 0 bridgehead atoms. The van der Waals surface area contributed by atoms with Crippen LogP contribution in [0.3, 0.4) is 0 Å². The van der Waals surface area contributed by atoms with Gasteiger partial charge in [0.2, 0.25) is 0 Å². The lowest BCUT2D eigenvalue weighted by atomic mass is 10.1. The van der Waals surface area contributed by atoms with Gasteiger partial charge >= 0.3 is 0 Å². The van der Waals surface area contributed by atoms with E-state index in [2.05, 4.69) is 24.0 Å². The molecule has 88 valence electrons. The summed E-state index contributed by atoms with van der Waals surface area (Å²) >= 11 is 0. The van der Waals surface area contributed by atoms with E-state index in [0.717, 1.165) is 23.4 Å². The van der Waals surface area contributed by atoms with Crippen molar-refractivity contribution in [3.8, 4) is 11.4 Å². The molecule has 0 aliphatic heterocycles. The minimum Gasteiger partial charge on any atom is -0.342 e. The normalized spacial score (nSPS) is 18.4. The highest BCUT2D eigenvalue weighted by atomic mass is 14.9. The first-order valence-corrected chi connectivity index (χ1v) is 6.16. The van der Waals surface area contributed by atoms with Gasteiger partial charge in [-0.15, -0.1) is 0 Å². The maximum atomic E-state index is 5.66. The molecule has 1 aromatic carbocycles. The summed E-state index contributed by atoms with van der Waals surface area (Å²) in [6, 6.07) is 8.27. The van der Waals surface area contributed by atoms with E-state index in [1.807, 2.05) is 12.1 Å². The van der Waals surface area contributed by atoms with Gasteiger partial charge in [-0.05, 0) is 24.5 Å². The lowest BCUT2D eigenvalue weighted by Crippen LogP contribution is -1.96. The van der Waals surface area contributed by atoms with Crippen LogP contribution in [0, 0.1) is 0 Å². The van der Waals surface area contributed by atoms with Crippen molar-refractivity contribution in [3.05, 3.63) is 41.2 Å². The second-order valence-electron chi connectivity index (χ2n) is 4.79. The summed E-state index contributed by atoms with van der Waals surface area (Å²) in [5, 5.41) is 0. The molecule has 3 rings (SSSR count). The Morgan fingerprint density at radius 3 is 3.12 bits per heavy atom. The monoisotopic (exact) mass is 227 g/mol. The van der Waals surface area contributed by atoms with Crippen LogP contribution < -0.4 is 5.73 Å². The zero-order chi connectivity index (χ0) is 11.8. The van der Waals surface area contributed by atoms with Crippen LogP contribution in [0.1, 0.15) is 36.2 Å². The summed E-state index contributed by atoms with van der Waals surface area (Å²) < 4.78 is 0. The van der Waals surface area contributed by atoms with Crippen LogP contribution in [0.25, 0.3) is 11.4 Å². The number of imidazole rings is 1. The molecule has 0 spiro atoms. The smallest absolute Gasteiger partial charge is 0.137 e. The van der Waals surface area contributed by atoms with Crippen LogP contribution in [0.2, 0.25) is 0 Å². The molecule has 1 heterocycles. The molecule has 1 atom stereocenters. The zero-order valence-corrected chi connectivity index (χ0v) is 10.0. The fraction of sp³-hybridized carbons (Fsp3) is 0.357. The fourth-order valence-electron chi connectivity index (χ4n) is 2.50. The third kappa shape index (κ3) is 1.76. The Labute approximate surface area is 101 Å². The number of hydrogen-bond donors (Lipinski definition) is 2. The Morgan fingerprint density at radius 1 is 1.47 bits per heavy atom. The molecular formula is C14H17N3. The number of nitrogens with zero attached hydrogens (tertiary/aromatic N) is 1. The van der Waals surface area contributed by atoms with Crippen molar-refractivity contribution in [2.45, 2.75) is 32.2 Å². The molecule has 0 saturated heterocycles. The Hall–Kier alpha value is -1.61. The maximum Gasteiger partial charge on any atom is 0.137 e. The molecule has 1 unspecified atom stereocenters. The largest absolute Gasteiger partial charge is 0.342 e. The highest BCUT2D eigenvalue weighted by Gasteiger charge is 2.23. The maximum absolute atomic E-state index is 5.66. The number of aromatic nitrogens is 2. The number of nitrogens with one attached hydrogen (secondary N) is 1. The van der Waals surface area contributed by atoms with Gasteiger partial charge in [0.15, 0.2) is 0 Å². The molecule has 1 aliphatic carbocycles. The first kappa shape index (κ1) is 10.5. The topological polar surface area (TPSA) is 54.7 Å². The van der Waals surface area contributed by atoms with Crippen molar-refractivity contribution in [2.24, 2.45) is 5.73 Å². The number of rotatable bonds is 2. The quantitative estimate of drug-likeness (QED) is 0.828. The summed E-state index contributed by atoms with van der Waals surface area (Å²) in [4.78, 5) is 8.16. The Morgan fingerprint density at radius 2 is 2.35 bits per heavy atom. The SMILES string of the molecule is CC1CCc2[nH]c(-c3cccc(CN)c3)nc21. The van der Waals surface area contributed by atoms with Crippen LogP contribution in [-0.2, 0) is 13.0 Å². The Balaban J connectivity index is 2.01. The average Bonchev–Trinajstić information content (AvgIpc) is 2.92. The number of aryl methyl sites for hydroxylation is 1. The van der Waals surface area contributed by atoms with Gasteiger partial charge < -0.3 is 10.7 Å². The average molecular weight is 227 g/mol. The van der Waals surface area contributed by atoms with Crippen LogP contribution in [0.4, 0.5) is 0 Å². The molecule has 3 nitrogen and oxygen atoms in total. The third-order valence-corrected chi connectivity index (χ3v) is 3.54. The van der Waals surface area contributed by atoms with Crippen molar-refractivity contribution in [2.75, 3.05) is 0 Å². The van der Waals surface area contributed by atoms with Crippen molar-refractivity contribution < 1.29 is 0 Å². The van der Waals surface area contributed by atoms with Crippen LogP contribution in [-0.4, -0.2) is 9.97 Å². The van der Waals surface area contributed by atoms with E-state index < -0.39 is 0 Å². The number of H-pyrrole nitrogens is 1. The summed E-state index contributed by atoms with van der Waals surface area (Å²) in [7, 11) is 0. The lowest BCUT2D eigenvalue weighted by molar-refractivity contribution is 0.726. The molecule has 3 N–H and O–H groups in total. The van der Waals surface area contributed by atoms with Crippen LogP contribution >= 0.6 is 0 Å². The Kier molecular flexibility index (Phi) is 2.48. The molecule has 0 fully saturated rings. The molecule has 1 aliphatic rings. The molecule has 0 saturated carbocycles. The molecule has 17 heavy (non-hydrogen) atoms. The fourth-order valence-corrected chi connectivity index (χ4v) is 2.50. The van der Waals surface area contributed by atoms with E-state index in [-0.39, 0.29) is 0 Å². The van der Waals surface area contributed by atoms with Crippen LogP contribution in [0.5, 0.6) is 0 Å². The lowest BCUT2D eigenvalue weighted by Gasteiger charge is -2.02. The predicted molar refractivity (Wildman–Crippen MR) is 68.7 cm³/mol. The summed E-state index contributed by atoms with van der Waals surface area (Å²) in [6.45, 7) is 2.82. The van der Waals surface area contributed by atoms with E-state index in [9.17, 15) is 0 Å². The molecule has 2 aromatic rings. The zero-order valence-electron chi connectivity index (χ0n) is 10.0. The van der Waals surface area contributed by atoms with Crippen molar-refractivity contribution in [3.63, 3.8) is 0 Å². The minimum absolute atomic E-state index is 0.574. The minimum atomic E-state index is 0.574. The van der Waals surface area contributed by atoms with Gasteiger partial charge in [0.25, 0.3) is 0 Å². The van der Waals surface area contributed by atoms with Gasteiger partial charge in [0, 0.05) is 23.7 Å².